The van der Waals surface area contributed by atoms with Gasteiger partial charge in [0.25, 0.3) is 0 Å². The third-order valence-corrected chi connectivity index (χ3v) is 5.29. The first kappa shape index (κ1) is 23.4. The fourth-order valence-electron chi connectivity index (χ4n) is 3.55. The fraction of sp³-hybridized carbons (Fsp3) is 0.160. The maximum atomic E-state index is 13.0. The summed E-state index contributed by atoms with van der Waals surface area (Å²) in [5, 5.41) is 19.9. The minimum atomic E-state index is -0.479. The number of nitriles is 1. The first-order valence-corrected chi connectivity index (χ1v) is 10.7. The highest BCUT2D eigenvalue weighted by Gasteiger charge is 2.18. The lowest BCUT2D eigenvalue weighted by Gasteiger charge is -2.12. The van der Waals surface area contributed by atoms with E-state index in [1.807, 2.05) is 25.1 Å². The largest absolute Gasteiger partial charge is 0.494 e. The summed E-state index contributed by atoms with van der Waals surface area (Å²) in [6.45, 7) is 1.92. The molecule has 2 aromatic carbocycles. The second-order valence-corrected chi connectivity index (χ2v) is 7.69. The van der Waals surface area contributed by atoms with Crippen molar-refractivity contribution < 1.29 is 18.7 Å². The summed E-state index contributed by atoms with van der Waals surface area (Å²) in [6.07, 6.45) is 1.09. The van der Waals surface area contributed by atoms with Crippen LogP contribution in [-0.2, 0) is 9.59 Å². The Balaban J connectivity index is 1.53. The van der Waals surface area contributed by atoms with Gasteiger partial charge in [0.05, 0.1) is 13.3 Å². The zero-order chi connectivity index (χ0) is 24.9. The molecule has 0 aliphatic carbocycles. The lowest BCUT2D eigenvalue weighted by molar-refractivity contribution is -0.121. The number of pyridine rings is 1. The maximum absolute atomic E-state index is 13.0. The predicted molar refractivity (Wildman–Crippen MR) is 128 cm³/mol. The van der Waals surface area contributed by atoms with Crippen LogP contribution >= 0.6 is 0 Å². The van der Waals surface area contributed by atoms with E-state index < -0.39 is 17.6 Å². The molecule has 0 spiro atoms. The van der Waals surface area contributed by atoms with Gasteiger partial charge in [-0.15, -0.1) is 0 Å². The smallest absolute Gasteiger partial charge is 0.226 e. The van der Waals surface area contributed by atoms with E-state index in [9.17, 15) is 19.2 Å². The molecule has 9 nitrogen and oxygen atoms in total. The van der Waals surface area contributed by atoms with Crippen molar-refractivity contribution >= 4 is 34.2 Å². The maximum Gasteiger partial charge on any atom is 0.226 e. The van der Waals surface area contributed by atoms with E-state index in [4.69, 9.17) is 4.74 Å². The Bertz CT molecular complexity index is 1460. The van der Waals surface area contributed by atoms with Crippen molar-refractivity contribution in [3.8, 4) is 17.6 Å². The third-order valence-electron chi connectivity index (χ3n) is 5.29. The summed E-state index contributed by atoms with van der Waals surface area (Å²) >= 11 is 0. The van der Waals surface area contributed by atoms with Crippen molar-refractivity contribution in [1.29, 1.82) is 5.26 Å². The summed E-state index contributed by atoms with van der Waals surface area (Å²) in [7, 11) is 1.55. The molecule has 0 fully saturated rings. The topological polar surface area (TPSA) is 122 Å². The Morgan fingerprint density at radius 3 is 2.51 bits per heavy atom. The van der Waals surface area contributed by atoms with Gasteiger partial charge in [-0.1, -0.05) is 12.1 Å². The van der Waals surface area contributed by atoms with Gasteiger partial charge in [0.2, 0.25) is 11.8 Å². The number of amides is 2. The zero-order valence-electron chi connectivity index (χ0n) is 19.0. The second-order valence-electron chi connectivity index (χ2n) is 7.69. The van der Waals surface area contributed by atoms with Crippen LogP contribution in [0, 0.1) is 24.1 Å². The number of aromatic nitrogens is 3. The van der Waals surface area contributed by atoms with Gasteiger partial charge in [0, 0.05) is 23.9 Å². The molecule has 0 aliphatic rings. The Kier molecular flexibility index (Phi) is 6.69. The Labute approximate surface area is 200 Å². The van der Waals surface area contributed by atoms with Gasteiger partial charge in [0.1, 0.15) is 28.7 Å². The number of nitrogens with zero attached hydrogens (tertiary/aromatic N) is 4. The van der Waals surface area contributed by atoms with Crippen LogP contribution in [0.2, 0.25) is 0 Å². The molecular formula is C25H21FN6O3. The normalized spacial score (nSPS) is 10.6. The molecule has 0 atom stereocenters. The number of hydrogen-bond acceptors (Lipinski definition) is 6. The van der Waals surface area contributed by atoms with Crippen molar-refractivity contribution in [2.24, 2.45) is 0 Å². The molecule has 2 heterocycles. The highest BCUT2D eigenvalue weighted by molar-refractivity contribution is 5.97. The number of carbonyl (C=O) groups excluding carboxylic acids is 2. The van der Waals surface area contributed by atoms with E-state index in [1.165, 1.54) is 35.1 Å². The summed E-state index contributed by atoms with van der Waals surface area (Å²) < 4.78 is 19.8. The molecule has 0 saturated carbocycles. The highest BCUT2D eigenvalue weighted by Crippen LogP contribution is 2.29. The number of aryl methyl sites for hydroxylation is 1. The molecule has 176 valence electrons. The molecule has 10 heteroatoms. The van der Waals surface area contributed by atoms with Gasteiger partial charge in [-0.2, -0.15) is 15.0 Å². The van der Waals surface area contributed by atoms with Crippen LogP contribution in [0.25, 0.3) is 16.7 Å². The van der Waals surface area contributed by atoms with Crippen LogP contribution in [0.15, 0.2) is 54.7 Å². The molecule has 0 saturated heterocycles. The van der Waals surface area contributed by atoms with E-state index >= 15 is 0 Å². The van der Waals surface area contributed by atoms with Crippen LogP contribution in [0.3, 0.4) is 0 Å². The Morgan fingerprint density at radius 2 is 1.83 bits per heavy atom. The average Bonchev–Trinajstić information content (AvgIpc) is 3.26. The number of halogens is 1. The minimum Gasteiger partial charge on any atom is -0.494 e. The second kappa shape index (κ2) is 10.0. The minimum absolute atomic E-state index is 0.107. The van der Waals surface area contributed by atoms with Gasteiger partial charge in [-0.3, -0.25) is 9.59 Å². The van der Waals surface area contributed by atoms with E-state index in [-0.39, 0.29) is 24.2 Å². The number of fused-ring (bicyclic) bond motifs is 1. The molecule has 0 aliphatic heterocycles. The lowest BCUT2D eigenvalue weighted by atomic mass is 10.1. The molecule has 2 N–H and O–H groups in total. The standard InChI is InChI=1S/C25H21FN6O3/c1-15-12-21(30-24-19(15)4-3-5-20(24)35-2)32-25(16(13-27)14-28-32)31-23(34)11-10-22(33)29-18-8-6-17(26)7-9-18/h3-9,12,14H,10-11H2,1-2H3,(H,29,33)(H,31,34). The summed E-state index contributed by atoms with van der Waals surface area (Å²) in [5.41, 5.74) is 2.10. The van der Waals surface area contributed by atoms with Gasteiger partial charge in [-0.25, -0.2) is 9.37 Å². The van der Waals surface area contributed by atoms with E-state index in [0.29, 0.717) is 22.8 Å². The number of hydrogen-bond donors (Lipinski definition) is 2. The molecule has 4 aromatic rings. The van der Waals surface area contributed by atoms with Crippen molar-refractivity contribution in [3.05, 3.63) is 71.7 Å². The van der Waals surface area contributed by atoms with Crippen LogP contribution < -0.4 is 15.4 Å². The molecule has 2 amide bonds. The van der Waals surface area contributed by atoms with E-state index in [0.717, 1.165) is 10.9 Å². The monoisotopic (exact) mass is 472 g/mol. The fourth-order valence-corrected chi connectivity index (χ4v) is 3.55. The number of benzene rings is 2. The number of nitrogens with one attached hydrogen (secondary N) is 2. The molecule has 2 aromatic heterocycles. The highest BCUT2D eigenvalue weighted by atomic mass is 19.1. The number of ether oxygens (including phenoxy) is 1. The van der Waals surface area contributed by atoms with E-state index in [1.54, 1.807) is 19.2 Å². The van der Waals surface area contributed by atoms with Crippen molar-refractivity contribution in [2.45, 2.75) is 19.8 Å². The summed E-state index contributed by atoms with van der Waals surface area (Å²) in [5.74, 6) is -0.171. The SMILES string of the molecule is COc1cccc2c(C)cc(-n3ncc(C#N)c3NC(=O)CCC(=O)Nc3ccc(F)cc3)nc12. The van der Waals surface area contributed by atoms with Gasteiger partial charge in [-0.05, 0) is 48.9 Å². The lowest BCUT2D eigenvalue weighted by Crippen LogP contribution is -2.19. The molecular weight excluding hydrogens is 451 g/mol. The van der Waals surface area contributed by atoms with Gasteiger partial charge < -0.3 is 15.4 Å². The summed E-state index contributed by atoms with van der Waals surface area (Å²) in [6, 6.07) is 14.7. The molecule has 0 radical (unpaired) electrons. The van der Waals surface area contributed by atoms with Crippen LogP contribution in [0.5, 0.6) is 5.75 Å². The van der Waals surface area contributed by atoms with E-state index in [2.05, 4.69) is 20.7 Å². The molecule has 4 rings (SSSR count). The number of methoxy groups -OCH3 is 1. The zero-order valence-corrected chi connectivity index (χ0v) is 19.0. The molecule has 0 unspecified atom stereocenters. The number of para-hydroxylation sites is 1. The van der Waals surface area contributed by atoms with Gasteiger partial charge >= 0.3 is 0 Å². The molecule has 35 heavy (non-hydrogen) atoms. The number of anilines is 2. The van der Waals surface area contributed by atoms with Crippen LogP contribution in [0.1, 0.15) is 24.0 Å². The predicted octanol–water partition coefficient (Wildman–Crippen LogP) is 4.11. The van der Waals surface area contributed by atoms with Gasteiger partial charge in [0.15, 0.2) is 11.6 Å². The van der Waals surface area contributed by atoms with Crippen LogP contribution in [-0.4, -0.2) is 33.7 Å². The van der Waals surface area contributed by atoms with Crippen molar-refractivity contribution in [3.63, 3.8) is 0 Å². The Morgan fingerprint density at radius 1 is 1.11 bits per heavy atom. The van der Waals surface area contributed by atoms with Crippen molar-refractivity contribution in [1.82, 2.24) is 14.8 Å². The quantitative estimate of drug-likeness (QED) is 0.418. The van der Waals surface area contributed by atoms with Crippen molar-refractivity contribution in [2.75, 3.05) is 17.7 Å². The summed E-state index contributed by atoms with van der Waals surface area (Å²) in [4.78, 5) is 29.4. The third kappa shape index (κ3) is 5.09. The number of carbonyl (C=O) groups is 2. The number of rotatable bonds is 7. The van der Waals surface area contributed by atoms with Crippen LogP contribution in [0.4, 0.5) is 15.9 Å². The first-order chi connectivity index (χ1) is 16.9. The first-order valence-electron chi connectivity index (χ1n) is 10.7. The Hall–Kier alpha value is -4.78. The average molecular weight is 472 g/mol. The molecule has 0 bridgehead atoms.